The van der Waals surface area contributed by atoms with Crippen molar-refractivity contribution in [3.8, 4) is 5.75 Å². The first-order valence-corrected chi connectivity index (χ1v) is 11.3. The summed E-state index contributed by atoms with van der Waals surface area (Å²) in [6.45, 7) is 8.63. The molecule has 0 aromatic heterocycles. The molecule has 160 valence electrons. The van der Waals surface area contributed by atoms with E-state index in [9.17, 15) is 4.79 Å². The summed E-state index contributed by atoms with van der Waals surface area (Å²) >= 11 is 0. The molecule has 1 amide bonds. The average Bonchev–Trinajstić information content (AvgIpc) is 2.74. The van der Waals surface area contributed by atoms with Crippen LogP contribution in [0, 0.1) is 11.3 Å². The van der Waals surface area contributed by atoms with Crippen molar-refractivity contribution in [2.24, 2.45) is 11.3 Å². The maximum Gasteiger partial charge on any atom is 0.224 e. The first kappa shape index (κ1) is 20.9. The van der Waals surface area contributed by atoms with Crippen molar-refractivity contribution in [2.45, 2.75) is 46.0 Å². The van der Waals surface area contributed by atoms with Gasteiger partial charge in [0.1, 0.15) is 5.75 Å². The quantitative estimate of drug-likeness (QED) is 0.709. The van der Waals surface area contributed by atoms with Crippen LogP contribution >= 0.6 is 0 Å². The van der Waals surface area contributed by atoms with Crippen LogP contribution in [0.25, 0.3) is 0 Å². The molecule has 2 heterocycles. The highest BCUT2D eigenvalue weighted by atomic mass is 16.5. The molecule has 0 unspecified atom stereocenters. The zero-order valence-corrected chi connectivity index (χ0v) is 18.3. The van der Waals surface area contributed by atoms with E-state index in [2.05, 4.69) is 60.5 Å². The largest absolute Gasteiger partial charge is 0.493 e. The van der Waals surface area contributed by atoms with Crippen LogP contribution in [0.3, 0.4) is 0 Å². The minimum atomic E-state index is 0.0748. The highest BCUT2D eigenvalue weighted by Crippen LogP contribution is 2.29. The standard InChI is InChI=1S/C26H34N2O2/c1-26(2,19-30-23-10-8-22-9-11-25(29)27-24(22)17-23)18-28-14-12-21(13-15-28)16-20-6-4-3-5-7-20/h3-8,10,17,21H,9,11-16,18-19H2,1-2H3,(H,27,29). The van der Waals surface area contributed by atoms with Gasteiger partial charge in [-0.3, -0.25) is 4.79 Å². The monoisotopic (exact) mass is 406 g/mol. The fraction of sp³-hybridized carbons (Fsp3) is 0.500. The Labute approximate surface area is 180 Å². The van der Waals surface area contributed by atoms with Crippen LogP contribution in [0.4, 0.5) is 5.69 Å². The highest BCUT2D eigenvalue weighted by Gasteiger charge is 2.27. The third kappa shape index (κ3) is 5.63. The molecular formula is C26H34N2O2. The second-order valence-corrected chi connectivity index (χ2v) is 9.73. The molecule has 2 aliphatic rings. The summed E-state index contributed by atoms with van der Waals surface area (Å²) in [6.07, 6.45) is 5.14. The van der Waals surface area contributed by atoms with Gasteiger partial charge in [-0.25, -0.2) is 0 Å². The van der Waals surface area contributed by atoms with E-state index in [0.29, 0.717) is 13.0 Å². The topological polar surface area (TPSA) is 41.6 Å². The molecule has 0 spiro atoms. The van der Waals surface area contributed by atoms with Gasteiger partial charge in [-0.05, 0) is 61.9 Å². The molecule has 0 aliphatic carbocycles. The van der Waals surface area contributed by atoms with E-state index in [-0.39, 0.29) is 11.3 Å². The molecule has 30 heavy (non-hydrogen) atoms. The van der Waals surface area contributed by atoms with Gasteiger partial charge in [0.15, 0.2) is 0 Å². The van der Waals surface area contributed by atoms with Crippen LogP contribution in [0.15, 0.2) is 48.5 Å². The number of fused-ring (bicyclic) bond motifs is 1. The van der Waals surface area contributed by atoms with Gasteiger partial charge in [0.05, 0.1) is 6.61 Å². The van der Waals surface area contributed by atoms with Crippen molar-refractivity contribution < 1.29 is 9.53 Å². The summed E-state index contributed by atoms with van der Waals surface area (Å²) in [5, 5.41) is 2.96. The van der Waals surface area contributed by atoms with Crippen LogP contribution in [-0.4, -0.2) is 37.0 Å². The highest BCUT2D eigenvalue weighted by molar-refractivity contribution is 5.94. The second kappa shape index (κ2) is 9.22. The number of amides is 1. The fourth-order valence-corrected chi connectivity index (χ4v) is 4.67. The van der Waals surface area contributed by atoms with Gasteiger partial charge in [-0.2, -0.15) is 0 Å². The van der Waals surface area contributed by atoms with Gasteiger partial charge < -0.3 is 15.0 Å². The number of nitrogens with one attached hydrogen (secondary N) is 1. The molecule has 4 rings (SSSR count). The van der Waals surface area contributed by atoms with Gasteiger partial charge in [0.2, 0.25) is 5.91 Å². The number of hydrogen-bond acceptors (Lipinski definition) is 3. The Morgan fingerprint density at radius 3 is 2.60 bits per heavy atom. The number of likely N-dealkylation sites (tertiary alicyclic amines) is 1. The van der Waals surface area contributed by atoms with Crippen molar-refractivity contribution in [2.75, 3.05) is 31.6 Å². The first-order valence-electron chi connectivity index (χ1n) is 11.3. The Hall–Kier alpha value is -2.33. The van der Waals surface area contributed by atoms with E-state index in [0.717, 1.165) is 30.3 Å². The smallest absolute Gasteiger partial charge is 0.224 e. The lowest BCUT2D eigenvalue weighted by atomic mass is 9.88. The second-order valence-electron chi connectivity index (χ2n) is 9.73. The lowest BCUT2D eigenvalue weighted by molar-refractivity contribution is -0.116. The van der Waals surface area contributed by atoms with Gasteiger partial charge in [-0.1, -0.05) is 50.2 Å². The Balaban J connectivity index is 1.24. The maximum absolute atomic E-state index is 11.6. The summed E-state index contributed by atoms with van der Waals surface area (Å²) in [7, 11) is 0. The summed E-state index contributed by atoms with van der Waals surface area (Å²) in [6, 6.07) is 17.0. The van der Waals surface area contributed by atoms with E-state index in [1.165, 1.54) is 43.5 Å². The van der Waals surface area contributed by atoms with E-state index >= 15 is 0 Å². The fourth-order valence-electron chi connectivity index (χ4n) is 4.67. The molecule has 0 bridgehead atoms. The number of benzene rings is 2. The molecule has 0 saturated carbocycles. The number of rotatable bonds is 7. The predicted octanol–water partition coefficient (Wildman–Crippen LogP) is 4.93. The Bertz CT molecular complexity index is 855. The predicted molar refractivity (Wildman–Crippen MR) is 122 cm³/mol. The summed E-state index contributed by atoms with van der Waals surface area (Å²) < 4.78 is 6.14. The van der Waals surface area contributed by atoms with Gasteiger partial charge >= 0.3 is 0 Å². The van der Waals surface area contributed by atoms with Crippen molar-refractivity contribution in [1.82, 2.24) is 4.90 Å². The number of ether oxygens (including phenoxy) is 1. The zero-order chi connectivity index (χ0) is 21.0. The Morgan fingerprint density at radius 2 is 1.83 bits per heavy atom. The van der Waals surface area contributed by atoms with Crippen LogP contribution in [-0.2, 0) is 17.6 Å². The first-order chi connectivity index (χ1) is 14.5. The van der Waals surface area contributed by atoms with Crippen molar-refractivity contribution in [3.05, 3.63) is 59.7 Å². The molecule has 4 nitrogen and oxygen atoms in total. The average molecular weight is 407 g/mol. The number of carbonyl (C=O) groups excluding carboxylic acids is 1. The number of hydrogen-bond donors (Lipinski definition) is 1. The lowest BCUT2D eigenvalue weighted by Gasteiger charge is -2.37. The molecule has 1 saturated heterocycles. The van der Waals surface area contributed by atoms with Crippen molar-refractivity contribution in [3.63, 3.8) is 0 Å². The maximum atomic E-state index is 11.6. The summed E-state index contributed by atoms with van der Waals surface area (Å²) in [4.78, 5) is 14.2. The molecule has 2 aliphatic heterocycles. The van der Waals surface area contributed by atoms with Gasteiger partial charge in [0.25, 0.3) is 0 Å². The van der Waals surface area contributed by atoms with Crippen LogP contribution in [0.5, 0.6) is 5.75 Å². The number of anilines is 1. The molecule has 1 N–H and O–H groups in total. The van der Waals surface area contributed by atoms with Gasteiger partial charge in [0, 0.05) is 30.1 Å². The molecule has 0 radical (unpaired) electrons. The molecule has 2 aromatic carbocycles. The summed E-state index contributed by atoms with van der Waals surface area (Å²) in [5.74, 6) is 1.73. The van der Waals surface area contributed by atoms with Crippen molar-refractivity contribution >= 4 is 11.6 Å². The van der Waals surface area contributed by atoms with Crippen LogP contribution in [0.2, 0.25) is 0 Å². The molecule has 1 fully saturated rings. The SMILES string of the molecule is CC(C)(COc1ccc2c(c1)NC(=O)CC2)CN1CCC(Cc2ccccc2)CC1. The molecule has 4 heteroatoms. The minimum Gasteiger partial charge on any atom is -0.493 e. The molecule has 2 aromatic rings. The zero-order valence-electron chi connectivity index (χ0n) is 18.3. The van der Waals surface area contributed by atoms with E-state index in [1.54, 1.807) is 0 Å². The molecular weight excluding hydrogens is 372 g/mol. The van der Waals surface area contributed by atoms with Crippen LogP contribution < -0.4 is 10.1 Å². The van der Waals surface area contributed by atoms with Crippen LogP contribution in [0.1, 0.15) is 44.2 Å². The van der Waals surface area contributed by atoms with Crippen molar-refractivity contribution in [1.29, 1.82) is 0 Å². The van der Waals surface area contributed by atoms with E-state index in [4.69, 9.17) is 4.74 Å². The number of nitrogens with zero attached hydrogens (tertiary/aromatic N) is 1. The normalized spacial score (nSPS) is 18.0. The lowest BCUT2D eigenvalue weighted by Crippen LogP contribution is -2.42. The summed E-state index contributed by atoms with van der Waals surface area (Å²) in [5.41, 5.74) is 3.64. The Morgan fingerprint density at radius 1 is 1.07 bits per heavy atom. The van der Waals surface area contributed by atoms with E-state index in [1.807, 2.05) is 12.1 Å². The third-order valence-electron chi connectivity index (χ3n) is 6.33. The third-order valence-corrected chi connectivity index (χ3v) is 6.33. The van der Waals surface area contributed by atoms with E-state index < -0.39 is 0 Å². The number of piperidine rings is 1. The number of aryl methyl sites for hydroxylation is 1. The number of carbonyl (C=O) groups is 1. The Kier molecular flexibility index (Phi) is 6.43. The van der Waals surface area contributed by atoms with Gasteiger partial charge in [-0.15, -0.1) is 0 Å². The minimum absolute atomic E-state index is 0.0748. The molecule has 0 atom stereocenters.